The zero-order valence-corrected chi connectivity index (χ0v) is 10.5. The molecule has 0 aliphatic rings. The van der Waals surface area contributed by atoms with Crippen molar-refractivity contribution in [2.24, 2.45) is 0 Å². The molecule has 0 saturated carbocycles. The van der Waals surface area contributed by atoms with E-state index in [4.69, 9.17) is 5.26 Å². The second kappa shape index (κ2) is 4.89. The fourth-order valence-electron chi connectivity index (χ4n) is 1.83. The first-order valence-corrected chi connectivity index (χ1v) is 5.78. The molecule has 2 aromatic rings. The monoisotopic (exact) mass is 238 g/mol. The van der Waals surface area contributed by atoms with Crippen LogP contribution in [-0.4, -0.2) is 4.57 Å². The summed E-state index contributed by atoms with van der Waals surface area (Å²) in [6, 6.07) is 13.3. The summed E-state index contributed by atoms with van der Waals surface area (Å²) in [6.45, 7) is 4.40. The number of nitrogens with zero attached hydrogens (tertiary/aromatic N) is 2. The SMILES string of the molecule is Cc1ccc(Cn2c(C)ccc(C#N)c2=O)cc1. The zero-order chi connectivity index (χ0) is 13.1. The third-order valence-electron chi connectivity index (χ3n) is 2.97. The lowest BCUT2D eigenvalue weighted by Crippen LogP contribution is -2.24. The topological polar surface area (TPSA) is 45.8 Å². The maximum Gasteiger partial charge on any atom is 0.268 e. The van der Waals surface area contributed by atoms with Crippen molar-refractivity contribution in [1.82, 2.24) is 4.57 Å². The Morgan fingerprint density at radius 1 is 1.11 bits per heavy atom. The lowest BCUT2D eigenvalue weighted by Gasteiger charge is -2.10. The predicted octanol–water partition coefficient (Wildman–Crippen LogP) is 2.39. The van der Waals surface area contributed by atoms with Gasteiger partial charge in [-0.25, -0.2) is 0 Å². The Kier molecular flexibility index (Phi) is 3.29. The van der Waals surface area contributed by atoms with E-state index in [-0.39, 0.29) is 11.1 Å². The van der Waals surface area contributed by atoms with Crippen LogP contribution >= 0.6 is 0 Å². The van der Waals surface area contributed by atoms with E-state index < -0.39 is 0 Å². The molecule has 18 heavy (non-hydrogen) atoms. The molecule has 2 rings (SSSR count). The van der Waals surface area contributed by atoms with Crippen LogP contribution in [0.2, 0.25) is 0 Å². The predicted molar refractivity (Wildman–Crippen MR) is 70.4 cm³/mol. The van der Waals surface area contributed by atoms with Crippen molar-refractivity contribution in [3.8, 4) is 6.07 Å². The number of aryl methyl sites for hydroxylation is 2. The first-order chi connectivity index (χ1) is 8.61. The largest absolute Gasteiger partial charge is 0.307 e. The summed E-state index contributed by atoms with van der Waals surface area (Å²) in [5.41, 5.74) is 3.07. The van der Waals surface area contributed by atoms with Gasteiger partial charge in [-0.15, -0.1) is 0 Å². The van der Waals surface area contributed by atoms with Gasteiger partial charge in [0.05, 0.1) is 6.54 Å². The molecule has 1 heterocycles. The molecule has 0 fully saturated rings. The molecule has 0 atom stereocenters. The highest BCUT2D eigenvalue weighted by Gasteiger charge is 2.06. The van der Waals surface area contributed by atoms with E-state index in [1.54, 1.807) is 16.7 Å². The highest BCUT2D eigenvalue weighted by molar-refractivity contribution is 5.29. The van der Waals surface area contributed by atoms with E-state index in [1.807, 2.05) is 44.2 Å². The molecular weight excluding hydrogens is 224 g/mol. The van der Waals surface area contributed by atoms with Gasteiger partial charge in [-0.1, -0.05) is 29.8 Å². The summed E-state index contributed by atoms with van der Waals surface area (Å²) in [4.78, 5) is 12.0. The highest BCUT2D eigenvalue weighted by atomic mass is 16.1. The minimum atomic E-state index is -0.224. The minimum absolute atomic E-state index is 0.188. The normalized spacial score (nSPS) is 10.1. The standard InChI is InChI=1S/C15H14N2O/c1-11-3-6-13(7-4-11)10-17-12(2)5-8-14(9-16)15(17)18/h3-8H,10H2,1-2H3. The summed E-state index contributed by atoms with van der Waals surface area (Å²) < 4.78 is 1.63. The molecule has 1 aromatic carbocycles. The van der Waals surface area contributed by atoms with Crippen molar-refractivity contribution in [2.75, 3.05) is 0 Å². The van der Waals surface area contributed by atoms with Crippen LogP contribution in [0.3, 0.4) is 0 Å². The Hall–Kier alpha value is -2.34. The molecule has 0 aliphatic heterocycles. The lowest BCUT2D eigenvalue weighted by atomic mass is 10.1. The lowest BCUT2D eigenvalue weighted by molar-refractivity contribution is 0.727. The number of aromatic nitrogens is 1. The first-order valence-electron chi connectivity index (χ1n) is 5.78. The maximum atomic E-state index is 12.0. The summed E-state index contributed by atoms with van der Waals surface area (Å²) >= 11 is 0. The fourth-order valence-corrected chi connectivity index (χ4v) is 1.83. The van der Waals surface area contributed by atoms with E-state index in [1.165, 1.54) is 5.56 Å². The Morgan fingerprint density at radius 3 is 2.39 bits per heavy atom. The fraction of sp³-hybridized carbons (Fsp3) is 0.200. The number of rotatable bonds is 2. The molecule has 0 unspecified atom stereocenters. The molecule has 1 aromatic heterocycles. The molecule has 0 aliphatic carbocycles. The summed E-state index contributed by atoms with van der Waals surface area (Å²) in [6.07, 6.45) is 0. The van der Waals surface area contributed by atoms with E-state index in [0.29, 0.717) is 6.54 Å². The van der Waals surface area contributed by atoms with Gasteiger partial charge in [-0.05, 0) is 31.5 Å². The molecule has 0 radical (unpaired) electrons. The Bertz CT molecular complexity index is 660. The molecule has 90 valence electrons. The summed E-state index contributed by atoms with van der Waals surface area (Å²) in [7, 11) is 0. The average molecular weight is 238 g/mol. The van der Waals surface area contributed by atoms with Crippen molar-refractivity contribution < 1.29 is 0 Å². The second-order valence-corrected chi connectivity index (χ2v) is 4.38. The van der Waals surface area contributed by atoms with E-state index in [9.17, 15) is 4.79 Å². The van der Waals surface area contributed by atoms with Gasteiger partial charge in [-0.3, -0.25) is 4.79 Å². The van der Waals surface area contributed by atoms with E-state index in [0.717, 1.165) is 11.3 Å². The third-order valence-corrected chi connectivity index (χ3v) is 2.97. The summed E-state index contributed by atoms with van der Waals surface area (Å²) in [5.74, 6) is 0. The van der Waals surface area contributed by atoms with Crippen molar-refractivity contribution >= 4 is 0 Å². The molecule has 0 amide bonds. The molecule has 0 saturated heterocycles. The van der Waals surface area contributed by atoms with Gasteiger partial charge in [0, 0.05) is 5.69 Å². The average Bonchev–Trinajstić information content (AvgIpc) is 2.37. The molecule has 0 bridgehead atoms. The van der Waals surface area contributed by atoms with Gasteiger partial charge >= 0.3 is 0 Å². The Morgan fingerprint density at radius 2 is 1.78 bits per heavy atom. The molecule has 0 spiro atoms. The number of pyridine rings is 1. The molecule has 3 heteroatoms. The number of hydrogen-bond acceptors (Lipinski definition) is 2. The van der Waals surface area contributed by atoms with Crippen molar-refractivity contribution in [3.63, 3.8) is 0 Å². The molecule has 0 N–H and O–H groups in total. The smallest absolute Gasteiger partial charge is 0.268 e. The Labute approximate surface area is 106 Å². The van der Waals surface area contributed by atoms with Gasteiger partial charge in [0.1, 0.15) is 11.6 Å². The number of hydrogen-bond donors (Lipinski definition) is 0. The first kappa shape index (κ1) is 12.1. The van der Waals surface area contributed by atoms with Gasteiger partial charge in [0.15, 0.2) is 0 Å². The van der Waals surface area contributed by atoms with Gasteiger partial charge in [-0.2, -0.15) is 5.26 Å². The summed E-state index contributed by atoms with van der Waals surface area (Å²) in [5, 5.41) is 8.87. The highest BCUT2D eigenvalue weighted by Crippen LogP contribution is 2.06. The van der Waals surface area contributed by atoms with Gasteiger partial charge < -0.3 is 4.57 Å². The van der Waals surface area contributed by atoms with Crippen LogP contribution in [0.5, 0.6) is 0 Å². The van der Waals surface area contributed by atoms with Crippen LogP contribution in [-0.2, 0) is 6.54 Å². The van der Waals surface area contributed by atoms with E-state index in [2.05, 4.69) is 0 Å². The third kappa shape index (κ3) is 2.33. The van der Waals surface area contributed by atoms with Crippen LogP contribution in [0.4, 0.5) is 0 Å². The van der Waals surface area contributed by atoms with Crippen LogP contribution in [0.25, 0.3) is 0 Å². The van der Waals surface area contributed by atoms with Crippen molar-refractivity contribution in [1.29, 1.82) is 5.26 Å². The minimum Gasteiger partial charge on any atom is -0.307 e. The van der Waals surface area contributed by atoms with Crippen LogP contribution in [0.1, 0.15) is 22.4 Å². The van der Waals surface area contributed by atoms with E-state index >= 15 is 0 Å². The quantitative estimate of drug-likeness (QED) is 0.806. The van der Waals surface area contributed by atoms with Crippen molar-refractivity contribution in [2.45, 2.75) is 20.4 Å². The maximum absolute atomic E-state index is 12.0. The molecular formula is C15H14N2O. The van der Waals surface area contributed by atoms with Crippen molar-refractivity contribution in [3.05, 3.63) is 69.1 Å². The van der Waals surface area contributed by atoms with Crippen LogP contribution in [0, 0.1) is 25.2 Å². The van der Waals surface area contributed by atoms with Gasteiger partial charge in [0.25, 0.3) is 5.56 Å². The van der Waals surface area contributed by atoms with Crippen LogP contribution < -0.4 is 5.56 Å². The van der Waals surface area contributed by atoms with Gasteiger partial charge in [0.2, 0.25) is 0 Å². The van der Waals surface area contributed by atoms with Crippen LogP contribution in [0.15, 0.2) is 41.2 Å². The zero-order valence-electron chi connectivity index (χ0n) is 10.5. The molecule has 3 nitrogen and oxygen atoms in total. The Balaban J connectivity index is 2.43. The number of benzene rings is 1. The second-order valence-electron chi connectivity index (χ2n) is 4.38. The number of nitriles is 1.